The second kappa shape index (κ2) is 4.85. The number of carboxylic acids is 1. The van der Waals surface area contributed by atoms with E-state index in [1.165, 1.54) is 0 Å². The average molecular weight is 260 g/mol. The van der Waals surface area contributed by atoms with Crippen molar-refractivity contribution in [2.24, 2.45) is 5.92 Å². The molecule has 0 radical (unpaired) electrons. The highest BCUT2D eigenvalue weighted by Crippen LogP contribution is 2.41. The fraction of sp³-hybridized carbons (Fsp3) is 0.833. The van der Waals surface area contributed by atoms with Crippen LogP contribution in [0, 0.1) is 5.92 Å². The minimum Gasteiger partial charge on any atom is -0.479 e. The summed E-state index contributed by atoms with van der Waals surface area (Å²) in [5.74, 6) is -3.61. The van der Waals surface area contributed by atoms with Crippen LogP contribution >= 0.6 is 0 Å². The summed E-state index contributed by atoms with van der Waals surface area (Å²) in [4.78, 5) is 23.4. The second-order valence-electron chi connectivity index (χ2n) is 4.96. The Morgan fingerprint density at radius 1 is 1.44 bits per heavy atom. The quantitative estimate of drug-likeness (QED) is 0.603. The van der Waals surface area contributed by atoms with Crippen LogP contribution in [0.25, 0.3) is 0 Å². The first-order valence-electron chi connectivity index (χ1n) is 5.91. The van der Waals surface area contributed by atoms with Gasteiger partial charge in [0.05, 0.1) is 7.11 Å². The maximum atomic E-state index is 11.9. The van der Waals surface area contributed by atoms with E-state index < -0.39 is 29.4 Å². The molecule has 1 saturated heterocycles. The summed E-state index contributed by atoms with van der Waals surface area (Å²) in [5.41, 5.74) is -2.09. The third-order valence-electron chi connectivity index (χ3n) is 3.19. The molecule has 3 atom stereocenters. The van der Waals surface area contributed by atoms with Crippen LogP contribution in [0.4, 0.5) is 0 Å². The number of rotatable bonds is 4. The molecule has 0 amide bonds. The Balaban J connectivity index is 3.27. The zero-order valence-electron chi connectivity index (χ0n) is 11.4. The van der Waals surface area contributed by atoms with Gasteiger partial charge in [-0.3, -0.25) is 0 Å². The number of carboxylic acid groups (broad SMARTS) is 1. The summed E-state index contributed by atoms with van der Waals surface area (Å²) in [7, 11) is 1.13. The molecule has 1 rings (SSSR count). The van der Waals surface area contributed by atoms with Gasteiger partial charge in [-0.05, 0) is 19.8 Å². The van der Waals surface area contributed by atoms with Gasteiger partial charge in [0.15, 0.2) is 5.79 Å². The molecular weight excluding hydrogens is 240 g/mol. The molecule has 1 fully saturated rings. The van der Waals surface area contributed by atoms with E-state index >= 15 is 0 Å². The maximum Gasteiger partial charge on any atom is 0.352 e. The van der Waals surface area contributed by atoms with Crippen molar-refractivity contribution < 1.29 is 28.9 Å². The molecule has 0 aromatic carbocycles. The molecule has 6 nitrogen and oxygen atoms in total. The first kappa shape index (κ1) is 14.9. The topological polar surface area (TPSA) is 82.1 Å². The van der Waals surface area contributed by atoms with Crippen LogP contribution < -0.4 is 0 Å². The van der Waals surface area contributed by atoms with Crippen molar-refractivity contribution in [1.82, 2.24) is 0 Å². The minimum atomic E-state index is -2.09. The van der Waals surface area contributed by atoms with Crippen LogP contribution in [-0.2, 0) is 23.8 Å². The van der Waals surface area contributed by atoms with Crippen LogP contribution in [0.1, 0.15) is 34.1 Å². The second-order valence-corrected chi connectivity index (χ2v) is 4.96. The fourth-order valence-electron chi connectivity index (χ4n) is 2.15. The molecule has 1 heterocycles. The zero-order chi connectivity index (χ0) is 14.1. The highest BCUT2D eigenvalue weighted by Gasteiger charge is 2.66. The van der Waals surface area contributed by atoms with Crippen LogP contribution in [-0.4, -0.2) is 41.6 Å². The lowest BCUT2D eigenvalue weighted by atomic mass is 9.86. The molecule has 1 N–H and O–H groups in total. The van der Waals surface area contributed by atoms with Crippen LogP contribution in [0.5, 0.6) is 0 Å². The third kappa shape index (κ3) is 2.22. The monoisotopic (exact) mass is 260 g/mol. The van der Waals surface area contributed by atoms with Gasteiger partial charge in [-0.1, -0.05) is 20.3 Å². The fourth-order valence-corrected chi connectivity index (χ4v) is 2.15. The van der Waals surface area contributed by atoms with Gasteiger partial charge in [0.2, 0.25) is 0 Å². The summed E-state index contributed by atoms with van der Waals surface area (Å²) in [5, 5.41) is 9.41. The summed E-state index contributed by atoms with van der Waals surface area (Å²) in [6, 6.07) is 0. The number of ether oxygens (including phenoxy) is 3. The Bertz CT molecular complexity index is 350. The molecule has 1 aliphatic heterocycles. The molecule has 18 heavy (non-hydrogen) atoms. The first-order valence-corrected chi connectivity index (χ1v) is 5.91. The largest absolute Gasteiger partial charge is 0.479 e. The number of carbonyl (C=O) groups excluding carboxylic acids is 1. The predicted octanol–water partition coefficient (Wildman–Crippen LogP) is 1.18. The lowest BCUT2D eigenvalue weighted by Crippen LogP contribution is -2.57. The zero-order valence-corrected chi connectivity index (χ0v) is 11.4. The molecule has 0 saturated carbocycles. The van der Waals surface area contributed by atoms with Crippen LogP contribution in [0.2, 0.25) is 0 Å². The Hall–Kier alpha value is -1.14. The minimum absolute atomic E-state index is 0.151. The summed E-state index contributed by atoms with van der Waals surface area (Å²) in [6.45, 7) is 6.87. The van der Waals surface area contributed by atoms with E-state index in [1.54, 1.807) is 13.8 Å². The van der Waals surface area contributed by atoms with Gasteiger partial charge >= 0.3 is 11.9 Å². The van der Waals surface area contributed by atoms with Crippen molar-refractivity contribution in [2.45, 2.75) is 51.6 Å². The van der Waals surface area contributed by atoms with Gasteiger partial charge in [0.1, 0.15) is 6.10 Å². The molecule has 0 aromatic rings. The van der Waals surface area contributed by atoms with E-state index in [4.69, 9.17) is 9.47 Å². The van der Waals surface area contributed by atoms with Crippen molar-refractivity contribution in [1.29, 1.82) is 0 Å². The molecule has 0 unspecified atom stereocenters. The van der Waals surface area contributed by atoms with Gasteiger partial charge in [-0.25, -0.2) is 9.59 Å². The Kier molecular flexibility index (Phi) is 4.02. The molecule has 6 heteroatoms. The first-order chi connectivity index (χ1) is 8.21. The van der Waals surface area contributed by atoms with Crippen molar-refractivity contribution in [2.75, 3.05) is 7.11 Å². The van der Waals surface area contributed by atoms with Crippen LogP contribution in [0.3, 0.4) is 0 Å². The highest BCUT2D eigenvalue weighted by atomic mass is 16.8. The Labute approximate surface area is 106 Å². The Morgan fingerprint density at radius 2 is 2.00 bits per heavy atom. The smallest absolute Gasteiger partial charge is 0.352 e. The summed E-state index contributed by atoms with van der Waals surface area (Å²) in [6.07, 6.45) is -0.210. The van der Waals surface area contributed by atoms with Gasteiger partial charge in [0.25, 0.3) is 5.60 Å². The van der Waals surface area contributed by atoms with E-state index in [-0.39, 0.29) is 5.92 Å². The standard InChI is InChI=1S/C12H20O6/c1-6-7(2)8-12(9(13)14,10(15)16-5)18-11(3,4)17-8/h7-8H,6H2,1-5H3,(H,13,14)/t7-,8-,12+/m0/s1. The molecule has 0 spiro atoms. The van der Waals surface area contributed by atoms with E-state index in [2.05, 4.69) is 4.74 Å². The molecule has 0 aromatic heterocycles. The molecule has 0 aliphatic carbocycles. The van der Waals surface area contributed by atoms with Gasteiger partial charge < -0.3 is 19.3 Å². The van der Waals surface area contributed by atoms with Crippen molar-refractivity contribution in [3.63, 3.8) is 0 Å². The summed E-state index contributed by atoms with van der Waals surface area (Å²) >= 11 is 0. The lowest BCUT2D eigenvalue weighted by molar-refractivity contribution is -0.199. The lowest BCUT2D eigenvalue weighted by Gasteiger charge is -2.28. The van der Waals surface area contributed by atoms with E-state index in [1.807, 2.05) is 13.8 Å². The number of hydrogen-bond acceptors (Lipinski definition) is 5. The number of carbonyl (C=O) groups is 2. The van der Waals surface area contributed by atoms with Crippen molar-refractivity contribution in [3.05, 3.63) is 0 Å². The van der Waals surface area contributed by atoms with Crippen molar-refractivity contribution >= 4 is 11.9 Å². The third-order valence-corrected chi connectivity index (χ3v) is 3.19. The number of esters is 1. The molecule has 104 valence electrons. The van der Waals surface area contributed by atoms with Crippen LogP contribution in [0.15, 0.2) is 0 Å². The maximum absolute atomic E-state index is 11.9. The van der Waals surface area contributed by atoms with Gasteiger partial charge in [-0.15, -0.1) is 0 Å². The predicted molar refractivity (Wildman–Crippen MR) is 61.9 cm³/mol. The molecule has 0 bridgehead atoms. The van der Waals surface area contributed by atoms with Gasteiger partial charge in [-0.2, -0.15) is 0 Å². The molecule has 1 aliphatic rings. The number of methoxy groups -OCH3 is 1. The van der Waals surface area contributed by atoms with Gasteiger partial charge in [0, 0.05) is 0 Å². The van der Waals surface area contributed by atoms with Crippen molar-refractivity contribution in [3.8, 4) is 0 Å². The number of hydrogen-bond donors (Lipinski definition) is 1. The summed E-state index contributed by atoms with van der Waals surface area (Å²) < 4.78 is 15.6. The SMILES string of the molecule is CC[C@H](C)[C@@H]1OC(C)(C)O[C@]1(C(=O)O)C(=O)OC. The normalized spacial score (nSPS) is 31.9. The average Bonchev–Trinajstić information content (AvgIpc) is 2.60. The Morgan fingerprint density at radius 3 is 2.39 bits per heavy atom. The number of aliphatic carboxylic acids is 1. The van der Waals surface area contributed by atoms with E-state index in [9.17, 15) is 14.7 Å². The molecular formula is C12H20O6. The van der Waals surface area contributed by atoms with E-state index in [0.29, 0.717) is 6.42 Å². The highest BCUT2D eigenvalue weighted by molar-refractivity contribution is 6.04. The van der Waals surface area contributed by atoms with E-state index in [0.717, 1.165) is 7.11 Å².